The summed E-state index contributed by atoms with van der Waals surface area (Å²) in [6.45, 7) is 1.70. The van der Waals surface area contributed by atoms with Gasteiger partial charge in [0.2, 0.25) is 5.91 Å². The summed E-state index contributed by atoms with van der Waals surface area (Å²) in [7, 11) is 0. The van der Waals surface area contributed by atoms with Crippen molar-refractivity contribution in [1.29, 1.82) is 0 Å². The molecular weight excluding hydrogens is 534 g/mol. The maximum absolute atomic E-state index is 13.4. The normalized spacial score (nSPS) is 16.5. The summed E-state index contributed by atoms with van der Waals surface area (Å²) in [6, 6.07) is 15.3. The van der Waals surface area contributed by atoms with Crippen LogP contribution in [0, 0.1) is 5.92 Å². The average molecular weight is 566 g/mol. The van der Waals surface area contributed by atoms with E-state index in [-0.39, 0.29) is 23.9 Å². The fourth-order valence-corrected chi connectivity index (χ4v) is 5.49. The first kappa shape index (κ1) is 26.1. The Kier molecular flexibility index (Phi) is 6.54. The number of hydrogen-bond acceptors (Lipinski definition) is 8. The molecule has 0 spiro atoms. The van der Waals surface area contributed by atoms with Crippen LogP contribution in [-0.2, 0) is 17.9 Å². The molecule has 0 atom stereocenters. The third kappa shape index (κ3) is 5.28. The highest BCUT2D eigenvalue weighted by molar-refractivity contribution is 5.81. The lowest BCUT2D eigenvalue weighted by Gasteiger charge is -2.38. The van der Waals surface area contributed by atoms with Gasteiger partial charge in [-0.15, -0.1) is 0 Å². The zero-order valence-electron chi connectivity index (χ0n) is 23.0. The molecule has 5 heterocycles. The summed E-state index contributed by atoms with van der Waals surface area (Å²) < 4.78 is 4.90. The second kappa shape index (κ2) is 10.5. The third-order valence-electron chi connectivity index (χ3n) is 8.01. The Balaban J connectivity index is 1.06. The third-order valence-corrected chi connectivity index (χ3v) is 8.01. The molecule has 12 nitrogen and oxygen atoms in total. The fourth-order valence-electron chi connectivity index (χ4n) is 5.49. The number of amides is 1. The van der Waals surface area contributed by atoms with E-state index in [2.05, 4.69) is 25.5 Å². The molecule has 1 aliphatic heterocycles. The Labute approximate surface area is 241 Å². The van der Waals surface area contributed by atoms with Gasteiger partial charge < -0.3 is 15.3 Å². The summed E-state index contributed by atoms with van der Waals surface area (Å²) >= 11 is 0. The van der Waals surface area contributed by atoms with Crippen LogP contribution in [0.1, 0.15) is 31.4 Å². The van der Waals surface area contributed by atoms with Gasteiger partial charge in [0.15, 0.2) is 11.5 Å². The zero-order chi connectivity index (χ0) is 28.7. The molecule has 4 aromatic heterocycles. The number of piperidine rings is 1. The van der Waals surface area contributed by atoms with Crippen LogP contribution >= 0.6 is 0 Å². The number of pyridine rings is 1. The maximum Gasteiger partial charge on any atom is 0.264 e. The van der Waals surface area contributed by atoms with E-state index in [1.54, 1.807) is 10.9 Å². The number of aliphatic hydroxyl groups is 1. The number of carbonyl (C=O) groups excluding carboxylic acids is 1. The molecule has 2 aliphatic rings. The largest absolute Gasteiger partial charge is 0.388 e. The van der Waals surface area contributed by atoms with Gasteiger partial charge in [0, 0.05) is 43.2 Å². The topological polar surface area (TPSA) is 136 Å². The monoisotopic (exact) mass is 565 g/mol. The predicted molar refractivity (Wildman–Crippen MR) is 155 cm³/mol. The first-order valence-corrected chi connectivity index (χ1v) is 14.2. The van der Waals surface area contributed by atoms with E-state index < -0.39 is 5.60 Å². The lowest BCUT2D eigenvalue weighted by Crippen LogP contribution is -2.50. The molecular formula is C30H31N9O3. The maximum atomic E-state index is 13.4. The Morgan fingerprint density at radius 2 is 1.93 bits per heavy atom. The van der Waals surface area contributed by atoms with Gasteiger partial charge in [0.1, 0.15) is 11.7 Å². The average Bonchev–Trinajstić information content (AvgIpc) is 3.62. The lowest BCUT2D eigenvalue weighted by molar-refractivity contribution is -0.137. The molecule has 0 bridgehead atoms. The quantitative estimate of drug-likeness (QED) is 0.293. The van der Waals surface area contributed by atoms with Crippen molar-refractivity contribution in [2.24, 2.45) is 5.92 Å². The highest BCUT2D eigenvalue weighted by Gasteiger charge is 2.39. The number of anilines is 2. The van der Waals surface area contributed by atoms with Gasteiger partial charge in [-0.25, -0.2) is 9.67 Å². The van der Waals surface area contributed by atoms with Crippen LogP contribution < -0.4 is 10.9 Å². The van der Waals surface area contributed by atoms with Gasteiger partial charge in [-0.2, -0.15) is 10.2 Å². The number of hydrogen-bond donors (Lipinski definition) is 2. The Morgan fingerprint density at radius 3 is 2.71 bits per heavy atom. The number of carbonyl (C=O) groups is 1. The van der Waals surface area contributed by atoms with Crippen molar-refractivity contribution in [3.63, 3.8) is 0 Å². The van der Waals surface area contributed by atoms with Crippen molar-refractivity contribution >= 4 is 28.4 Å². The van der Waals surface area contributed by atoms with Crippen molar-refractivity contribution in [2.75, 3.05) is 18.4 Å². The smallest absolute Gasteiger partial charge is 0.264 e. The molecule has 1 amide bonds. The number of nitrogens with one attached hydrogen (secondary N) is 1. The summed E-state index contributed by atoms with van der Waals surface area (Å²) in [4.78, 5) is 36.5. The molecule has 214 valence electrons. The highest BCUT2D eigenvalue weighted by Crippen LogP contribution is 2.33. The van der Waals surface area contributed by atoms with Gasteiger partial charge >= 0.3 is 0 Å². The van der Waals surface area contributed by atoms with Crippen molar-refractivity contribution < 1.29 is 9.90 Å². The van der Waals surface area contributed by atoms with E-state index in [1.807, 2.05) is 64.3 Å². The molecule has 1 saturated carbocycles. The molecule has 2 N–H and O–H groups in total. The highest BCUT2D eigenvalue weighted by atomic mass is 16.3. The number of likely N-dealkylation sites (tertiary alicyclic amines) is 1. The van der Waals surface area contributed by atoms with E-state index in [1.165, 1.54) is 17.1 Å². The van der Waals surface area contributed by atoms with Crippen LogP contribution in [0.25, 0.3) is 16.7 Å². The Bertz CT molecular complexity index is 1800. The van der Waals surface area contributed by atoms with Crippen LogP contribution in [0.4, 0.5) is 11.5 Å². The molecule has 0 radical (unpaired) electrons. The van der Waals surface area contributed by atoms with Crippen molar-refractivity contribution in [3.05, 3.63) is 89.5 Å². The number of fused-ring (bicyclic) bond motifs is 1. The van der Waals surface area contributed by atoms with Crippen LogP contribution in [0.5, 0.6) is 0 Å². The summed E-state index contributed by atoms with van der Waals surface area (Å²) in [6.07, 6.45) is 9.43. The standard InChI is InChI=1S/C30H31N9O3/c40-28(21-7-8-21)36-14-10-30(42,11-15-36)19-37-20-32-27-25(29(37)41)17-33-39(27)24-6-3-5-22(16-24)34-26-9-13-38(35-26)18-23-4-1-2-12-31-23/h1-6,9,12-13,16-17,20-21,42H,7-8,10-11,14-15,18-19H2,(H,34,35). The van der Waals surface area contributed by atoms with Crippen molar-refractivity contribution in [1.82, 2.24) is 39.0 Å². The Hall–Kier alpha value is -4.84. The first-order chi connectivity index (χ1) is 20.4. The zero-order valence-corrected chi connectivity index (χ0v) is 23.0. The van der Waals surface area contributed by atoms with Crippen molar-refractivity contribution in [2.45, 2.75) is 44.4 Å². The van der Waals surface area contributed by atoms with Crippen LogP contribution in [-0.4, -0.2) is 68.7 Å². The van der Waals surface area contributed by atoms with Gasteiger partial charge in [-0.1, -0.05) is 12.1 Å². The Morgan fingerprint density at radius 1 is 1.07 bits per heavy atom. The minimum Gasteiger partial charge on any atom is -0.388 e. The summed E-state index contributed by atoms with van der Waals surface area (Å²) in [5.74, 6) is 1.05. The van der Waals surface area contributed by atoms with E-state index in [9.17, 15) is 14.7 Å². The molecule has 5 aromatic rings. The number of aromatic nitrogens is 7. The van der Waals surface area contributed by atoms with Crippen LogP contribution in [0.15, 0.2) is 78.2 Å². The molecule has 12 heteroatoms. The predicted octanol–water partition coefficient (Wildman–Crippen LogP) is 2.73. The molecule has 1 saturated heterocycles. The van der Waals surface area contributed by atoms with Gasteiger partial charge in [0.25, 0.3) is 5.56 Å². The first-order valence-electron chi connectivity index (χ1n) is 14.2. The molecule has 2 fully saturated rings. The number of benzene rings is 1. The minimum absolute atomic E-state index is 0.123. The SMILES string of the molecule is O=C(C1CC1)N1CCC(O)(Cn2cnc3c(cnn3-c3cccc(Nc4ccn(Cc5ccccn5)n4)c3)c2=O)CC1. The second-order valence-electron chi connectivity index (χ2n) is 11.2. The molecule has 42 heavy (non-hydrogen) atoms. The van der Waals surface area contributed by atoms with E-state index in [0.717, 1.165) is 29.9 Å². The van der Waals surface area contributed by atoms with Gasteiger partial charge in [0.05, 0.1) is 36.3 Å². The van der Waals surface area contributed by atoms with Gasteiger partial charge in [-0.05, 0) is 56.0 Å². The summed E-state index contributed by atoms with van der Waals surface area (Å²) in [5.41, 5.74) is 1.57. The van der Waals surface area contributed by atoms with Gasteiger partial charge in [-0.3, -0.25) is 23.8 Å². The summed E-state index contributed by atoms with van der Waals surface area (Å²) in [5, 5.41) is 24.0. The molecule has 0 unspecified atom stereocenters. The van der Waals surface area contributed by atoms with Crippen LogP contribution in [0.3, 0.4) is 0 Å². The second-order valence-corrected chi connectivity index (χ2v) is 11.2. The van der Waals surface area contributed by atoms with Crippen molar-refractivity contribution in [3.8, 4) is 5.69 Å². The van der Waals surface area contributed by atoms with E-state index in [4.69, 9.17) is 0 Å². The van der Waals surface area contributed by atoms with E-state index in [0.29, 0.717) is 49.3 Å². The number of nitrogens with zero attached hydrogens (tertiary/aromatic N) is 8. The minimum atomic E-state index is -1.07. The van der Waals surface area contributed by atoms with Crippen LogP contribution in [0.2, 0.25) is 0 Å². The molecule has 1 aromatic carbocycles. The molecule has 1 aliphatic carbocycles. The number of rotatable bonds is 8. The lowest BCUT2D eigenvalue weighted by atomic mass is 9.91. The van der Waals surface area contributed by atoms with E-state index >= 15 is 0 Å². The molecule has 7 rings (SSSR count). The fraction of sp³-hybridized carbons (Fsp3) is 0.333.